The zero-order valence-electron chi connectivity index (χ0n) is 17.9. The van der Waals surface area contributed by atoms with Gasteiger partial charge in [-0.25, -0.2) is 0 Å². The standard InChI is InChI=1S/C28H30O2Si/c29-28-18-21-16-22(19-28)27(23(17-21)20-28)30-31(24-10-4-1-5-11-24,25-12-6-2-7-13-25)26-14-8-3-9-15-26/h1-15,21-23,27,29H,16-20H2/t21?,22-,23+,27?,28?. The van der Waals surface area contributed by atoms with Crippen LogP contribution in [0.25, 0.3) is 0 Å². The Morgan fingerprint density at radius 3 is 1.45 bits per heavy atom. The summed E-state index contributed by atoms with van der Waals surface area (Å²) in [6.45, 7) is 0. The van der Waals surface area contributed by atoms with Crippen LogP contribution in [0.2, 0.25) is 0 Å². The molecule has 0 heterocycles. The van der Waals surface area contributed by atoms with Gasteiger partial charge in [0.15, 0.2) is 0 Å². The molecule has 7 rings (SSSR count). The molecule has 5 atom stereocenters. The Balaban J connectivity index is 1.51. The van der Waals surface area contributed by atoms with Crippen LogP contribution in [0.15, 0.2) is 91.0 Å². The SMILES string of the molecule is OC12CC3C[C@H](C1)C(O[Si](c1ccccc1)(c1ccccc1)c1ccccc1)[C@@H](C3)C2. The number of hydrogen-bond donors (Lipinski definition) is 1. The fraction of sp³-hybridized carbons (Fsp3) is 0.357. The fourth-order valence-corrected chi connectivity index (χ4v) is 11.2. The lowest BCUT2D eigenvalue weighted by Gasteiger charge is -2.59. The summed E-state index contributed by atoms with van der Waals surface area (Å²) in [5.41, 5.74) is -0.438. The van der Waals surface area contributed by atoms with E-state index in [0.29, 0.717) is 17.8 Å². The van der Waals surface area contributed by atoms with Crippen LogP contribution < -0.4 is 15.6 Å². The van der Waals surface area contributed by atoms with Crippen LogP contribution in [0.1, 0.15) is 32.1 Å². The van der Waals surface area contributed by atoms with Crippen LogP contribution in [-0.4, -0.2) is 25.1 Å². The Bertz CT molecular complexity index is 924. The number of hydrogen-bond acceptors (Lipinski definition) is 2. The highest BCUT2D eigenvalue weighted by Crippen LogP contribution is 2.56. The van der Waals surface area contributed by atoms with Crippen molar-refractivity contribution in [1.82, 2.24) is 0 Å². The van der Waals surface area contributed by atoms with E-state index in [2.05, 4.69) is 91.0 Å². The molecular weight excluding hydrogens is 396 g/mol. The van der Waals surface area contributed by atoms with E-state index in [0.717, 1.165) is 19.3 Å². The van der Waals surface area contributed by atoms with Gasteiger partial charge in [0.2, 0.25) is 0 Å². The topological polar surface area (TPSA) is 29.5 Å². The van der Waals surface area contributed by atoms with E-state index < -0.39 is 13.9 Å². The highest BCUT2D eigenvalue weighted by molar-refractivity contribution is 7.07. The lowest BCUT2D eigenvalue weighted by atomic mass is 9.53. The average Bonchev–Trinajstić information content (AvgIpc) is 2.80. The van der Waals surface area contributed by atoms with Crippen molar-refractivity contribution in [2.24, 2.45) is 17.8 Å². The molecule has 4 saturated carbocycles. The lowest BCUT2D eigenvalue weighted by molar-refractivity contribution is -0.169. The van der Waals surface area contributed by atoms with Gasteiger partial charge in [0, 0.05) is 0 Å². The molecular formula is C28H30O2Si. The van der Waals surface area contributed by atoms with Gasteiger partial charge in [0.1, 0.15) is 0 Å². The molecule has 4 aliphatic carbocycles. The van der Waals surface area contributed by atoms with Crippen LogP contribution in [0.4, 0.5) is 0 Å². The summed E-state index contributed by atoms with van der Waals surface area (Å²) < 4.78 is 7.55. The van der Waals surface area contributed by atoms with Crippen molar-refractivity contribution < 1.29 is 9.53 Å². The van der Waals surface area contributed by atoms with Gasteiger partial charge in [-0.2, -0.15) is 0 Å². The van der Waals surface area contributed by atoms with Crippen molar-refractivity contribution in [2.75, 3.05) is 0 Å². The molecule has 3 aromatic rings. The molecule has 3 aromatic carbocycles. The maximum Gasteiger partial charge on any atom is 0.288 e. The first-order valence-electron chi connectivity index (χ1n) is 11.7. The van der Waals surface area contributed by atoms with Gasteiger partial charge in [0.05, 0.1) is 11.7 Å². The van der Waals surface area contributed by atoms with Gasteiger partial charge in [-0.3, -0.25) is 0 Å². The monoisotopic (exact) mass is 426 g/mol. The normalized spacial score (nSPS) is 31.6. The van der Waals surface area contributed by atoms with Crippen LogP contribution >= 0.6 is 0 Å². The summed E-state index contributed by atoms with van der Waals surface area (Å²) >= 11 is 0. The minimum atomic E-state index is -2.69. The van der Waals surface area contributed by atoms with Gasteiger partial charge in [0.25, 0.3) is 8.32 Å². The van der Waals surface area contributed by atoms with Crippen molar-refractivity contribution >= 4 is 23.9 Å². The predicted octanol–water partition coefficient (Wildman–Crippen LogP) is 3.61. The second-order valence-electron chi connectivity index (χ2n) is 10.1. The molecule has 0 radical (unpaired) electrons. The van der Waals surface area contributed by atoms with Crippen LogP contribution in [0.3, 0.4) is 0 Å². The van der Waals surface area contributed by atoms with Gasteiger partial charge in [-0.05, 0) is 65.4 Å². The molecule has 4 aliphatic rings. The van der Waals surface area contributed by atoms with Gasteiger partial charge in [-0.1, -0.05) is 91.0 Å². The molecule has 0 spiro atoms. The minimum absolute atomic E-state index is 0.226. The van der Waals surface area contributed by atoms with E-state index in [1.165, 1.54) is 28.4 Å². The first kappa shape index (κ1) is 19.5. The Hall–Kier alpha value is -2.20. The zero-order chi connectivity index (χ0) is 20.9. The summed E-state index contributed by atoms with van der Waals surface area (Å²) in [5, 5.41) is 15.0. The van der Waals surface area contributed by atoms with E-state index in [1.807, 2.05) is 0 Å². The second-order valence-corrected chi connectivity index (χ2v) is 13.4. The first-order valence-corrected chi connectivity index (χ1v) is 13.6. The summed E-state index contributed by atoms with van der Waals surface area (Å²) in [6, 6.07) is 32.7. The van der Waals surface area contributed by atoms with E-state index >= 15 is 0 Å². The molecule has 0 aromatic heterocycles. The minimum Gasteiger partial charge on any atom is -0.401 e. The van der Waals surface area contributed by atoms with Crippen LogP contribution in [0.5, 0.6) is 0 Å². The Morgan fingerprint density at radius 1 is 0.645 bits per heavy atom. The maximum atomic E-state index is 11.1. The molecule has 0 amide bonds. The molecule has 4 bridgehead atoms. The number of rotatable bonds is 5. The molecule has 31 heavy (non-hydrogen) atoms. The Kier molecular flexibility index (Phi) is 4.67. The third kappa shape index (κ3) is 3.22. The largest absolute Gasteiger partial charge is 0.401 e. The fourth-order valence-electron chi connectivity index (χ4n) is 7.05. The van der Waals surface area contributed by atoms with Crippen LogP contribution in [0, 0.1) is 17.8 Å². The quantitative estimate of drug-likeness (QED) is 0.499. The van der Waals surface area contributed by atoms with E-state index in [4.69, 9.17) is 4.43 Å². The van der Waals surface area contributed by atoms with Crippen molar-refractivity contribution in [3.8, 4) is 0 Å². The molecule has 1 N–H and O–H groups in total. The Morgan fingerprint density at radius 2 is 1.06 bits per heavy atom. The third-order valence-electron chi connectivity index (χ3n) is 8.01. The Labute approximate surface area is 186 Å². The van der Waals surface area contributed by atoms with Gasteiger partial charge in [-0.15, -0.1) is 0 Å². The number of aliphatic hydroxyl groups is 1. The van der Waals surface area contributed by atoms with E-state index in [1.54, 1.807) is 0 Å². The molecule has 0 saturated heterocycles. The highest BCUT2D eigenvalue weighted by Gasteiger charge is 2.57. The second kappa shape index (κ2) is 7.44. The first-order chi connectivity index (χ1) is 15.2. The van der Waals surface area contributed by atoms with Crippen molar-refractivity contribution in [3.05, 3.63) is 91.0 Å². The predicted molar refractivity (Wildman–Crippen MR) is 127 cm³/mol. The van der Waals surface area contributed by atoms with Crippen LogP contribution in [-0.2, 0) is 4.43 Å². The molecule has 0 aliphatic heterocycles. The summed E-state index contributed by atoms with van der Waals surface area (Å²) in [4.78, 5) is 0. The van der Waals surface area contributed by atoms with E-state index in [9.17, 15) is 5.11 Å². The summed E-state index contributed by atoms with van der Waals surface area (Å²) in [6.07, 6.45) is 5.48. The highest BCUT2D eigenvalue weighted by atomic mass is 28.4. The van der Waals surface area contributed by atoms with Crippen molar-refractivity contribution in [1.29, 1.82) is 0 Å². The smallest absolute Gasteiger partial charge is 0.288 e. The zero-order valence-corrected chi connectivity index (χ0v) is 18.9. The summed E-state index contributed by atoms with van der Waals surface area (Å²) in [7, 11) is -2.69. The van der Waals surface area contributed by atoms with Gasteiger partial charge >= 0.3 is 0 Å². The van der Waals surface area contributed by atoms with Crippen molar-refractivity contribution in [2.45, 2.75) is 43.8 Å². The average molecular weight is 427 g/mol. The molecule has 2 nitrogen and oxygen atoms in total. The molecule has 4 fully saturated rings. The third-order valence-corrected chi connectivity index (χ3v) is 12.1. The maximum absolute atomic E-state index is 11.1. The van der Waals surface area contributed by atoms with E-state index in [-0.39, 0.29) is 6.10 Å². The molecule has 158 valence electrons. The number of benzene rings is 3. The van der Waals surface area contributed by atoms with Crippen molar-refractivity contribution in [3.63, 3.8) is 0 Å². The summed E-state index contributed by atoms with van der Waals surface area (Å²) in [5.74, 6) is 1.63. The lowest BCUT2D eigenvalue weighted by Crippen LogP contribution is -2.72. The molecule has 3 unspecified atom stereocenters. The van der Waals surface area contributed by atoms with Gasteiger partial charge < -0.3 is 9.53 Å². The molecule has 3 heteroatoms.